The molecule has 4 rings (SSSR count). The molecule has 30 heavy (non-hydrogen) atoms. The summed E-state index contributed by atoms with van der Waals surface area (Å²) >= 11 is 5.47. The summed E-state index contributed by atoms with van der Waals surface area (Å²) in [5, 5.41) is 3.38. The predicted molar refractivity (Wildman–Crippen MR) is 133 cm³/mol. The van der Waals surface area contributed by atoms with Gasteiger partial charge in [0.05, 0.1) is 12.4 Å². The highest BCUT2D eigenvalue weighted by Gasteiger charge is 1.96. The third-order valence-electron chi connectivity index (χ3n) is 4.03. The largest absolute Gasteiger partial charge is 0.486 e. The van der Waals surface area contributed by atoms with Gasteiger partial charge in [0.25, 0.3) is 0 Å². The van der Waals surface area contributed by atoms with Crippen molar-refractivity contribution < 1.29 is 4.74 Å². The Morgan fingerprint density at radius 3 is 1.93 bits per heavy atom. The third-order valence-corrected chi connectivity index (χ3v) is 5.16. The number of hydrogen-bond donors (Lipinski definition) is 1. The van der Waals surface area contributed by atoms with Gasteiger partial charge in [-0.1, -0.05) is 60.7 Å². The monoisotopic (exact) mass is 573 g/mol. The van der Waals surface area contributed by atoms with E-state index in [0.29, 0.717) is 17.1 Å². The van der Waals surface area contributed by atoms with E-state index in [4.69, 9.17) is 4.74 Å². The zero-order valence-corrected chi connectivity index (χ0v) is 20.0. The molecule has 0 aliphatic heterocycles. The Balaban J connectivity index is 0.000000171. The molecule has 0 bridgehead atoms. The number of nitrogens with one attached hydrogen (secondary N) is 1. The standard InChI is InChI=1S/C13H12IN.C11H9BrN2O/c14-12-6-8-13(9-7-12)15-10-11-4-2-1-3-5-11;12-11-13-6-10(7-14-11)15-8-9-4-2-1-3-5-9/h1-9,15H,10H2;1-7H,8H2. The van der Waals surface area contributed by atoms with Gasteiger partial charge in [0.1, 0.15) is 6.61 Å². The third kappa shape index (κ3) is 8.12. The van der Waals surface area contributed by atoms with E-state index in [2.05, 4.69) is 102 Å². The minimum atomic E-state index is 0.534. The molecular formula is C24H21BrIN3O. The molecule has 4 aromatic rings. The van der Waals surface area contributed by atoms with E-state index >= 15 is 0 Å². The normalized spacial score (nSPS) is 9.93. The molecular weight excluding hydrogens is 553 g/mol. The van der Waals surface area contributed by atoms with Crippen molar-refractivity contribution in [2.24, 2.45) is 0 Å². The van der Waals surface area contributed by atoms with E-state index in [-0.39, 0.29) is 0 Å². The molecule has 1 heterocycles. The number of hydrogen-bond acceptors (Lipinski definition) is 4. The molecule has 3 aromatic carbocycles. The molecule has 0 aliphatic carbocycles. The second-order valence-electron chi connectivity index (χ2n) is 6.31. The SMILES string of the molecule is Brc1ncc(OCc2ccccc2)cn1.Ic1ccc(NCc2ccccc2)cc1. The Labute approximate surface area is 199 Å². The van der Waals surface area contributed by atoms with Crippen LogP contribution in [0.15, 0.2) is 102 Å². The van der Waals surface area contributed by atoms with Crippen molar-refractivity contribution in [2.75, 3.05) is 5.32 Å². The average molecular weight is 574 g/mol. The van der Waals surface area contributed by atoms with Crippen LogP contribution in [-0.4, -0.2) is 9.97 Å². The number of halogens is 2. The fourth-order valence-electron chi connectivity index (χ4n) is 2.48. The molecule has 1 N–H and O–H groups in total. The lowest BCUT2D eigenvalue weighted by molar-refractivity contribution is 0.303. The highest BCUT2D eigenvalue weighted by molar-refractivity contribution is 14.1. The molecule has 0 saturated heterocycles. The van der Waals surface area contributed by atoms with Crippen LogP contribution in [0, 0.1) is 3.57 Å². The van der Waals surface area contributed by atoms with Crippen LogP contribution in [-0.2, 0) is 13.2 Å². The van der Waals surface area contributed by atoms with Crippen LogP contribution < -0.4 is 10.1 Å². The lowest BCUT2D eigenvalue weighted by Crippen LogP contribution is -1.98. The quantitative estimate of drug-likeness (QED) is 0.205. The maximum absolute atomic E-state index is 5.50. The number of rotatable bonds is 6. The zero-order valence-electron chi connectivity index (χ0n) is 16.2. The Hall–Kier alpha value is -2.45. The molecule has 0 atom stereocenters. The van der Waals surface area contributed by atoms with E-state index in [1.165, 1.54) is 14.8 Å². The highest BCUT2D eigenvalue weighted by atomic mass is 127. The summed E-state index contributed by atoms with van der Waals surface area (Å²) < 4.78 is 7.33. The van der Waals surface area contributed by atoms with E-state index in [1.807, 2.05) is 36.4 Å². The van der Waals surface area contributed by atoms with Crippen molar-refractivity contribution >= 4 is 44.2 Å². The molecule has 0 aliphatic rings. The van der Waals surface area contributed by atoms with Crippen molar-refractivity contribution in [1.29, 1.82) is 0 Å². The molecule has 4 nitrogen and oxygen atoms in total. The van der Waals surface area contributed by atoms with Crippen molar-refractivity contribution in [3.63, 3.8) is 0 Å². The Kier molecular flexibility index (Phi) is 9.11. The Morgan fingerprint density at radius 2 is 1.33 bits per heavy atom. The first kappa shape index (κ1) is 22.2. The summed E-state index contributed by atoms with van der Waals surface area (Å²) in [6.45, 7) is 1.41. The fourth-order valence-corrected chi connectivity index (χ4v) is 3.05. The van der Waals surface area contributed by atoms with Crippen LogP contribution in [0.25, 0.3) is 0 Å². The van der Waals surface area contributed by atoms with E-state index in [9.17, 15) is 0 Å². The number of benzene rings is 3. The number of anilines is 1. The number of aromatic nitrogens is 2. The lowest BCUT2D eigenvalue weighted by atomic mass is 10.2. The highest BCUT2D eigenvalue weighted by Crippen LogP contribution is 2.13. The second-order valence-corrected chi connectivity index (χ2v) is 8.26. The van der Waals surface area contributed by atoms with Gasteiger partial charge >= 0.3 is 0 Å². The zero-order chi connectivity index (χ0) is 21.0. The average Bonchev–Trinajstić information content (AvgIpc) is 2.80. The molecule has 0 amide bonds. The van der Waals surface area contributed by atoms with Crippen LogP contribution in [0.2, 0.25) is 0 Å². The second kappa shape index (κ2) is 12.3. The number of ether oxygens (including phenoxy) is 1. The Bertz CT molecular complexity index is 913. The summed E-state index contributed by atoms with van der Waals surface area (Å²) in [5.74, 6) is 0.669. The molecule has 0 spiro atoms. The van der Waals surface area contributed by atoms with Crippen molar-refractivity contribution in [1.82, 2.24) is 9.97 Å². The molecule has 0 radical (unpaired) electrons. The first-order valence-corrected chi connectivity index (χ1v) is 11.2. The molecule has 0 fully saturated rings. The van der Waals surface area contributed by atoms with Gasteiger partial charge in [0, 0.05) is 15.8 Å². The van der Waals surface area contributed by atoms with E-state index < -0.39 is 0 Å². The topological polar surface area (TPSA) is 47.0 Å². The van der Waals surface area contributed by atoms with Crippen molar-refractivity contribution in [3.8, 4) is 5.75 Å². The van der Waals surface area contributed by atoms with E-state index in [1.54, 1.807) is 12.4 Å². The first-order valence-electron chi connectivity index (χ1n) is 9.37. The number of nitrogens with zero attached hydrogens (tertiary/aromatic N) is 2. The van der Waals surface area contributed by atoms with Crippen LogP contribution in [0.3, 0.4) is 0 Å². The van der Waals surface area contributed by atoms with E-state index in [0.717, 1.165) is 12.1 Å². The van der Waals surface area contributed by atoms with Gasteiger partial charge in [-0.25, -0.2) is 9.97 Å². The van der Waals surface area contributed by atoms with Gasteiger partial charge in [-0.3, -0.25) is 0 Å². The smallest absolute Gasteiger partial charge is 0.196 e. The minimum Gasteiger partial charge on any atom is -0.486 e. The predicted octanol–water partition coefficient (Wildman–Crippen LogP) is 6.72. The van der Waals surface area contributed by atoms with Gasteiger partial charge in [0.2, 0.25) is 0 Å². The molecule has 1 aromatic heterocycles. The summed E-state index contributed by atoms with van der Waals surface area (Å²) in [5.41, 5.74) is 3.59. The summed E-state index contributed by atoms with van der Waals surface area (Å²) in [6, 6.07) is 28.8. The van der Waals surface area contributed by atoms with Crippen LogP contribution >= 0.6 is 38.5 Å². The van der Waals surface area contributed by atoms with Gasteiger partial charge < -0.3 is 10.1 Å². The Morgan fingerprint density at radius 1 is 0.767 bits per heavy atom. The minimum absolute atomic E-state index is 0.534. The molecule has 152 valence electrons. The van der Waals surface area contributed by atoms with Crippen LogP contribution in [0.4, 0.5) is 5.69 Å². The van der Waals surface area contributed by atoms with Crippen molar-refractivity contribution in [2.45, 2.75) is 13.2 Å². The van der Waals surface area contributed by atoms with Gasteiger partial charge in [-0.2, -0.15) is 0 Å². The first-order chi connectivity index (χ1) is 14.7. The maximum atomic E-state index is 5.50. The van der Waals surface area contributed by atoms with Gasteiger partial charge in [-0.05, 0) is 73.9 Å². The molecule has 6 heteroatoms. The summed E-state index contributed by atoms with van der Waals surface area (Å²) in [7, 11) is 0. The summed E-state index contributed by atoms with van der Waals surface area (Å²) in [4.78, 5) is 7.94. The fraction of sp³-hybridized carbons (Fsp3) is 0.0833. The van der Waals surface area contributed by atoms with Crippen molar-refractivity contribution in [3.05, 3.63) is 117 Å². The lowest BCUT2D eigenvalue weighted by Gasteiger charge is -2.06. The molecule has 0 saturated carbocycles. The van der Waals surface area contributed by atoms with Crippen LogP contribution in [0.5, 0.6) is 5.75 Å². The summed E-state index contributed by atoms with van der Waals surface area (Å²) in [6.07, 6.45) is 3.28. The van der Waals surface area contributed by atoms with Crippen LogP contribution in [0.1, 0.15) is 11.1 Å². The molecule has 0 unspecified atom stereocenters. The van der Waals surface area contributed by atoms with Gasteiger partial charge in [-0.15, -0.1) is 0 Å². The maximum Gasteiger partial charge on any atom is 0.196 e. The van der Waals surface area contributed by atoms with Gasteiger partial charge in [0.15, 0.2) is 10.5 Å².